The van der Waals surface area contributed by atoms with E-state index in [-0.39, 0.29) is 0 Å². The predicted octanol–water partition coefficient (Wildman–Crippen LogP) is 3.08. The van der Waals surface area contributed by atoms with Crippen molar-refractivity contribution in [1.82, 2.24) is 15.3 Å². The third-order valence-electron chi connectivity index (χ3n) is 3.50. The Morgan fingerprint density at radius 2 is 2.04 bits per heavy atom. The van der Waals surface area contributed by atoms with Gasteiger partial charge in [0.1, 0.15) is 12.0 Å². The molecule has 23 heavy (non-hydrogen) atoms. The highest BCUT2D eigenvalue weighted by Crippen LogP contribution is 2.21. The van der Waals surface area contributed by atoms with Gasteiger partial charge in [0, 0.05) is 37.5 Å². The second kappa shape index (κ2) is 7.56. The fourth-order valence-electron chi connectivity index (χ4n) is 2.24. The normalized spacial score (nSPS) is 10.7. The van der Waals surface area contributed by atoms with E-state index in [4.69, 9.17) is 9.15 Å². The number of hydrogen-bond acceptors (Lipinski definition) is 5. The number of hydrogen-bond donors (Lipinski definition) is 1. The number of oxazole rings is 1. The lowest BCUT2D eigenvalue weighted by atomic mass is 10.2. The van der Waals surface area contributed by atoms with Gasteiger partial charge in [-0.25, -0.2) is 4.98 Å². The van der Waals surface area contributed by atoms with E-state index in [1.165, 1.54) is 5.56 Å². The number of aromatic nitrogens is 2. The summed E-state index contributed by atoms with van der Waals surface area (Å²) in [5.41, 5.74) is 3.06. The molecule has 0 radical (unpaired) electrons. The number of methoxy groups -OCH3 is 1. The van der Waals surface area contributed by atoms with Crippen LogP contribution < -0.4 is 10.1 Å². The summed E-state index contributed by atoms with van der Waals surface area (Å²) in [7, 11) is 1.65. The fraction of sp³-hybridized carbons (Fsp3) is 0.222. The average molecular weight is 309 g/mol. The minimum absolute atomic E-state index is 0.634. The molecule has 0 atom stereocenters. The van der Waals surface area contributed by atoms with Crippen molar-refractivity contribution in [1.29, 1.82) is 0 Å². The molecular weight excluding hydrogens is 290 g/mol. The molecule has 0 aliphatic carbocycles. The zero-order valence-corrected chi connectivity index (χ0v) is 13.0. The Bertz CT molecular complexity index is 724. The van der Waals surface area contributed by atoms with Crippen LogP contribution in [0.1, 0.15) is 11.3 Å². The molecule has 1 aromatic carbocycles. The molecule has 0 fully saturated rings. The van der Waals surface area contributed by atoms with Gasteiger partial charge in [0.2, 0.25) is 5.89 Å². The second-order valence-corrected chi connectivity index (χ2v) is 5.16. The van der Waals surface area contributed by atoms with Gasteiger partial charge in [-0.15, -0.1) is 0 Å². The van der Waals surface area contributed by atoms with Crippen LogP contribution >= 0.6 is 0 Å². The van der Waals surface area contributed by atoms with Crippen LogP contribution in [-0.2, 0) is 13.0 Å². The SMILES string of the molecule is COc1ccc(-c2nc(CCNCc3cccnc3)co2)cc1. The molecule has 0 saturated carbocycles. The molecule has 2 aromatic heterocycles. The Morgan fingerprint density at radius 1 is 1.17 bits per heavy atom. The lowest BCUT2D eigenvalue weighted by molar-refractivity contribution is 0.415. The first-order valence-corrected chi connectivity index (χ1v) is 7.53. The molecule has 118 valence electrons. The van der Waals surface area contributed by atoms with Crippen molar-refractivity contribution < 1.29 is 9.15 Å². The molecule has 0 unspecified atom stereocenters. The topological polar surface area (TPSA) is 60.2 Å². The summed E-state index contributed by atoms with van der Waals surface area (Å²) in [5, 5.41) is 3.38. The molecule has 0 saturated heterocycles. The molecule has 5 nitrogen and oxygen atoms in total. The van der Waals surface area contributed by atoms with Gasteiger partial charge < -0.3 is 14.5 Å². The van der Waals surface area contributed by atoms with Gasteiger partial charge in [-0.2, -0.15) is 0 Å². The maximum atomic E-state index is 5.55. The fourth-order valence-corrected chi connectivity index (χ4v) is 2.24. The Kier molecular flexibility index (Phi) is 5.01. The summed E-state index contributed by atoms with van der Waals surface area (Å²) in [4.78, 5) is 8.62. The first-order chi connectivity index (χ1) is 11.3. The molecular formula is C18H19N3O2. The lowest BCUT2D eigenvalue weighted by Crippen LogP contribution is -2.16. The summed E-state index contributed by atoms with van der Waals surface area (Å²) in [6, 6.07) is 11.7. The molecule has 0 bridgehead atoms. The molecule has 0 aliphatic heterocycles. The van der Waals surface area contributed by atoms with E-state index in [9.17, 15) is 0 Å². The van der Waals surface area contributed by atoms with E-state index in [1.807, 2.05) is 36.5 Å². The van der Waals surface area contributed by atoms with Gasteiger partial charge in [-0.3, -0.25) is 4.98 Å². The Hall–Kier alpha value is -2.66. The van der Waals surface area contributed by atoms with Crippen LogP contribution in [0.25, 0.3) is 11.5 Å². The smallest absolute Gasteiger partial charge is 0.226 e. The van der Waals surface area contributed by atoms with Gasteiger partial charge in [0.05, 0.1) is 12.8 Å². The van der Waals surface area contributed by atoms with Crippen molar-refractivity contribution in [2.24, 2.45) is 0 Å². The van der Waals surface area contributed by atoms with Crippen molar-refractivity contribution in [3.63, 3.8) is 0 Å². The summed E-state index contributed by atoms with van der Waals surface area (Å²) >= 11 is 0. The van der Waals surface area contributed by atoms with E-state index in [0.29, 0.717) is 5.89 Å². The predicted molar refractivity (Wildman–Crippen MR) is 88.1 cm³/mol. The first kappa shape index (κ1) is 15.2. The van der Waals surface area contributed by atoms with E-state index in [0.717, 1.165) is 36.5 Å². The molecule has 0 aliphatic rings. The summed E-state index contributed by atoms with van der Waals surface area (Å²) in [6.45, 7) is 1.64. The van der Waals surface area contributed by atoms with Gasteiger partial charge >= 0.3 is 0 Å². The van der Waals surface area contributed by atoms with Crippen LogP contribution in [0.2, 0.25) is 0 Å². The Balaban J connectivity index is 1.51. The van der Waals surface area contributed by atoms with E-state index < -0.39 is 0 Å². The Labute approximate surface area is 135 Å². The number of benzene rings is 1. The highest BCUT2D eigenvalue weighted by molar-refractivity contribution is 5.54. The van der Waals surface area contributed by atoms with Gasteiger partial charge in [-0.1, -0.05) is 6.07 Å². The molecule has 3 rings (SSSR count). The summed E-state index contributed by atoms with van der Waals surface area (Å²) in [6.07, 6.45) is 6.18. The molecule has 0 amide bonds. The third kappa shape index (κ3) is 4.17. The van der Waals surface area contributed by atoms with Gasteiger partial charge in [0.25, 0.3) is 0 Å². The van der Waals surface area contributed by atoms with Crippen molar-refractivity contribution in [2.75, 3.05) is 13.7 Å². The average Bonchev–Trinajstić information content (AvgIpc) is 3.09. The molecule has 3 aromatic rings. The number of pyridine rings is 1. The van der Waals surface area contributed by atoms with Crippen LogP contribution in [0.15, 0.2) is 59.5 Å². The van der Waals surface area contributed by atoms with Crippen LogP contribution in [-0.4, -0.2) is 23.6 Å². The molecule has 1 N–H and O–H groups in total. The monoisotopic (exact) mass is 309 g/mol. The van der Waals surface area contributed by atoms with E-state index in [1.54, 1.807) is 19.6 Å². The number of nitrogens with zero attached hydrogens (tertiary/aromatic N) is 2. The van der Waals surface area contributed by atoms with Crippen LogP contribution in [0, 0.1) is 0 Å². The highest BCUT2D eigenvalue weighted by atomic mass is 16.5. The molecule has 2 heterocycles. The van der Waals surface area contributed by atoms with Crippen molar-refractivity contribution in [2.45, 2.75) is 13.0 Å². The van der Waals surface area contributed by atoms with Crippen molar-refractivity contribution >= 4 is 0 Å². The largest absolute Gasteiger partial charge is 0.497 e. The van der Waals surface area contributed by atoms with E-state index in [2.05, 4.69) is 21.4 Å². The lowest BCUT2D eigenvalue weighted by Gasteiger charge is -2.02. The highest BCUT2D eigenvalue weighted by Gasteiger charge is 2.06. The van der Waals surface area contributed by atoms with Crippen molar-refractivity contribution in [3.8, 4) is 17.2 Å². The Morgan fingerprint density at radius 3 is 2.78 bits per heavy atom. The number of ether oxygens (including phenoxy) is 1. The molecule has 5 heteroatoms. The zero-order chi connectivity index (χ0) is 15.9. The third-order valence-corrected chi connectivity index (χ3v) is 3.50. The van der Waals surface area contributed by atoms with Crippen LogP contribution in [0.5, 0.6) is 5.75 Å². The maximum Gasteiger partial charge on any atom is 0.226 e. The van der Waals surface area contributed by atoms with Crippen LogP contribution in [0.4, 0.5) is 0 Å². The zero-order valence-electron chi connectivity index (χ0n) is 13.0. The minimum atomic E-state index is 0.634. The number of nitrogens with one attached hydrogen (secondary N) is 1. The van der Waals surface area contributed by atoms with Crippen LogP contribution in [0.3, 0.4) is 0 Å². The minimum Gasteiger partial charge on any atom is -0.497 e. The van der Waals surface area contributed by atoms with Gasteiger partial charge in [-0.05, 0) is 35.9 Å². The summed E-state index contributed by atoms with van der Waals surface area (Å²) < 4.78 is 10.7. The number of rotatable bonds is 7. The molecule has 0 spiro atoms. The summed E-state index contributed by atoms with van der Waals surface area (Å²) in [5.74, 6) is 1.45. The van der Waals surface area contributed by atoms with Crippen molar-refractivity contribution in [3.05, 3.63) is 66.3 Å². The van der Waals surface area contributed by atoms with Gasteiger partial charge in [0.15, 0.2) is 0 Å². The standard InChI is InChI=1S/C18H19N3O2/c1-22-17-6-4-15(5-7-17)18-21-16(13-23-18)8-10-20-12-14-3-2-9-19-11-14/h2-7,9,11,13,20H,8,10,12H2,1H3. The first-order valence-electron chi connectivity index (χ1n) is 7.53. The second-order valence-electron chi connectivity index (χ2n) is 5.16. The quantitative estimate of drug-likeness (QED) is 0.680. The maximum absolute atomic E-state index is 5.55. The van der Waals surface area contributed by atoms with E-state index >= 15 is 0 Å².